The highest BCUT2D eigenvalue weighted by atomic mass is 16.6. The van der Waals surface area contributed by atoms with E-state index in [4.69, 9.17) is 14.2 Å². The lowest BCUT2D eigenvalue weighted by atomic mass is 9.87. The molecule has 0 bridgehead atoms. The van der Waals surface area contributed by atoms with Crippen LogP contribution >= 0.6 is 0 Å². The van der Waals surface area contributed by atoms with Crippen LogP contribution in [-0.2, 0) is 10.2 Å². The third kappa shape index (κ3) is 6.13. The van der Waals surface area contributed by atoms with Gasteiger partial charge in [-0.05, 0) is 47.2 Å². The number of aliphatic hydroxyl groups is 1. The molecule has 1 aliphatic heterocycles. The fourth-order valence-corrected chi connectivity index (χ4v) is 3.16. The van der Waals surface area contributed by atoms with Gasteiger partial charge in [-0.3, -0.25) is 4.79 Å². The lowest BCUT2D eigenvalue weighted by Gasteiger charge is -2.20. The zero-order valence-electron chi connectivity index (χ0n) is 17.9. The van der Waals surface area contributed by atoms with Crippen molar-refractivity contribution in [3.8, 4) is 17.2 Å². The van der Waals surface area contributed by atoms with Crippen LogP contribution in [0, 0.1) is 0 Å². The fraction of sp³-hybridized carbons (Fsp3) is 0.458. The minimum Gasteiger partial charge on any atom is -0.494 e. The van der Waals surface area contributed by atoms with Crippen molar-refractivity contribution < 1.29 is 24.1 Å². The summed E-state index contributed by atoms with van der Waals surface area (Å²) >= 11 is 0. The molecular formula is C24H31NO5. The first kappa shape index (κ1) is 22.0. The number of carbonyl (C=O) groups excluding carboxylic acids is 1. The predicted molar refractivity (Wildman–Crippen MR) is 115 cm³/mol. The van der Waals surface area contributed by atoms with Crippen LogP contribution in [0.25, 0.3) is 0 Å². The number of ether oxygens (including phenoxy) is 3. The Labute approximate surface area is 178 Å². The molecule has 0 aromatic heterocycles. The molecule has 0 saturated carbocycles. The highest BCUT2D eigenvalue weighted by Gasteiger charge is 2.16. The van der Waals surface area contributed by atoms with E-state index < -0.39 is 6.10 Å². The molecule has 2 aromatic rings. The molecule has 1 heterocycles. The summed E-state index contributed by atoms with van der Waals surface area (Å²) in [5.74, 6) is 1.99. The standard InChI is InChI=1S/C24H31NO5/c1-24(2,3)18-7-9-19(10-8-18)28-12-4-5-23(27)25-16-20(26)17-6-11-21-22(15-17)30-14-13-29-21/h6-11,15,20,26H,4-5,12-14,16H2,1-3H3,(H,25,27). The van der Waals surface area contributed by atoms with Gasteiger partial charge in [-0.2, -0.15) is 0 Å². The van der Waals surface area contributed by atoms with Crippen molar-refractivity contribution in [3.05, 3.63) is 53.6 Å². The first-order valence-electron chi connectivity index (χ1n) is 10.4. The third-order valence-electron chi connectivity index (χ3n) is 4.98. The van der Waals surface area contributed by atoms with Gasteiger partial charge in [0.05, 0.1) is 12.7 Å². The van der Waals surface area contributed by atoms with Gasteiger partial charge in [-0.25, -0.2) is 0 Å². The van der Waals surface area contributed by atoms with Gasteiger partial charge < -0.3 is 24.6 Å². The zero-order chi connectivity index (χ0) is 21.6. The number of amides is 1. The van der Waals surface area contributed by atoms with Crippen molar-refractivity contribution in [3.63, 3.8) is 0 Å². The van der Waals surface area contributed by atoms with Crippen LogP contribution in [0.4, 0.5) is 0 Å². The van der Waals surface area contributed by atoms with Crippen LogP contribution in [0.15, 0.2) is 42.5 Å². The van der Waals surface area contributed by atoms with E-state index in [1.807, 2.05) is 12.1 Å². The van der Waals surface area contributed by atoms with Gasteiger partial charge in [-0.1, -0.05) is 39.0 Å². The van der Waals surface area contributed by atoms with Gasteiger partial charge >= 0.3 is 0 Å². The molecule has 6 heteroatoms. The summed E-state index contributed by atoms with van der Waals surface area (Å²) in [7, 11) is 0. The Bertz CT molecular complexity index is 842. The SMILES string of the molecule is CC(C)(C)c1ccc(OCCCC(=O)NCC(O)c2ccc3c(c2)OCCO3)cc1. The highest BCUT2D eigenvalue weighted by molar-refractivity contribution is 5.75. The maximum atomic E-state index is 12.1. The first-order chi connectivity index (χ1) is 14.3. The van der Waals surface area contributed by atoms with Gasteiger partial charge in [0, 0.05) is 13.0 Å². The molecule has 6 nitrogen and oxygen atoms in total. The smallest absolute Gasteiger partial charge is 0.220 e. The number of hydrogen-bond donors (Lipinski definition) is 2. The molecule has 0 saturated heterocycles. The molecule has 162 valence electrons. The molecule has 0 spiro atoms. The summed E-state index contributed by atoms with van der Waals surface area (Å²) in [5.41, 5.74) is 2.05. The Morgan fingerprint density at radius 2 is 1.80 bits per heavy atom. The molecule has 1 unspecified atom stereocenters. The van der Waals surface area contributed by atoms with E-state index in [2.05, 4.69) is 38.2 Å². The molecule has 0 fully saturated rings. The van der Waals surface area contributed by atoms with E-state index in [1.54, 1.807) is 18.2 Å². The van der Waals surface area contributed by atoms with E-state index in [0.717, 1.165) is 5.75 Å². The number of nitrogens with one attached hydrogen (secondary N) is 1. The molecule has 0 aliphatic carbocycles. The van der Waals surface area contributed by atoms with Gasteiger partial charge in [0.15, 0.2) is 11.5 Å². The lowest BCUT2D eigenvalue weighted by Crippen LogP contribution is -2.28. The fourth-order valence-electron chi connectivity index (χ4n) is 3.16. The van der Waals surface area contributed by atoms with Crippen LogP contribution in [0.3, 0.4) is 0 Å². The van der Waals surface area contributed by atoms with Crippen molar-refractivity contribution >= 4 is 5.91 Å². The number of hydrogen-bond acceptors (Lipinski definition) is 5. The second-order valence-electron chi connectivity index (χ2n) is 8.45. The average molecular weight is 414 g/mol. The van der Waals surface area contributed by atoms with E-state index >= 15 is 0 Å². The van der Waals surface area contributed by atoms with Gasteiger partial charge in [0.2, 0.25) is 5.91 Å². The summed E-state index contributed by atoms with van der Waals surface area (Å²) in [4.78, 5) is 12.1. The highest BCUT2D eigenvalue weighted by Crippen LogP contribution is 2.32. The van der Waals surface area contributed by atoms with Crippen LogP contribution in [0.2, 0.25) is 0 Å². The third-order valence-corrected chi connectivity index (χ3v) is 4.98. The van der Waals surface area contributed by atoms with Crippen LogP contribution in [-0.4, -0.2) is 37.4 Å². The van der Waals surface area contributed by atoms with E-state index in [9.17, 15) is 9.90 Å². The Morgan fingerprint density at radius 3 is 2.50 bits per heavy atom. The van der Waals surface area contributed by atoms with E-state index in [1.165, 1.54) is 5.56 Å². The van der Waals surface area contributed by atoms with Crippen LogP contribution in [0.5, 0.6) is 17.2 Å². The predicted octanol–water partition coefficient (Wildman–Crippen LogP) is 3.76. The minimum absolute atomic E-state index is 0.112. The number of rotatable bonds is 8. The van der Waals surface area contributed by atoms with Crippen molar-refractivity contribution in [2.75, 3.05) is 26.4 Å². The summed E-state index contributed by atoms with van der Waals surface area (Å²) in [6, 6.07) is 13.4. The average Bonchev–Trinajstić information content (AvgIpc) is 2.74. The summed E-state index contributed by atoms with van der Waals surface area (Å²) < 4.78 is 16.7. The molecular weight excluding hydrogens is 382 g/mol. The summed E-state index contributed by atoms with van der Waals surface area (Å²) in [6.45, 7) is 8.15. The quantitative estimate of drug-likeness (QED) is 0.645. The van der Waals surface area contributed by atoms with E-state index in [0.29, 0.717) is 49.7 Å². The minimum atomic E-state index is -0.803. The van der Waals surface area contributed by atoms with Gasteiger partial charge in [0.1, 0.15) is 19.0 Å². The molecule has 3 rings (SSSR count). The number of fused-ring (bicyclic) bond motifs is 1. The Hall–Kier alpha value is -2.73. The zero-order valence-corrected chi connectivity index (χ0v) is 17.9. The van der Waals surface area contributed by atoms with Crippen molar-refractivity contribution in [2.45, 2.75) is 45.1 Å². The second kappa shape index (κ2) is 9.85. The van der Waals surface area contributed by atoms with Crippen LogP contribution in [0.1, 0.15) is 50.8 Å². The summed E-state index contributed by atoms with van der Waals surface area (Å²) in [6.07, 6.45) is 0.142. The largest absolute Gasteiger partial charge is 0.494 e. The molecule has 0 radical (unpaired) electrons. The van der Waals surface area contributed by atoms with Crippen molar-refractivity contribution in [1.29, 1.82) is 0 Å². The molecule has 1 amide bonds. The van der Waals surface area contributed by atoms with Crippen LogP contribution < -0.4 is 19.5 Å². The monoisotopic (exact) mass is 413 g/mol. The second-order valence-corrected chi connectivity index (χ2v) is 8.45. The Kier molecular flexibility index (Phi) is 7.21. The number of benzene rings is 2. The van der Waals surface area contributed by atoms with Gasteiger partial charge in [-0.15, -0.1) is 0 Å². The van der Waals surface area contributed by atoms with Crippen molar-refractivity contribution in [1.82, 2.24) is 5.32 Å². The lowest BCUT2D eigenvalue weighted by molar-refractivity contribution is -0.121. The summed E-state index contributed by atoms with van der Waals surface area (Å²) in [5, 5.41) is 13.1. The Morgan fingerprint density at radius 1 is 1.10 bits per heavy atom. The number of aliphatic hydroxyl groups excluding tert-OH is 1. The topological polar surface area (TPSA) is 77.0 Å². The Balaban J connectivity index is 1.36. The number of carbonyl (C=O) groups is 1. The van der Waals surface area contributed by atoms with E-state index in [-0.39, 0.29) is 17.9 Å². The molecule has 2 aromatic carbocycles. The first-order valence-corrected chi connectivity index (χ1v) is 10.4. The normalized spacial score (nSPS) is 14.1. The maximum absolute atomic E-state index is 12.1. The molecule has 1 aliphatic rings. The molecule has 1 atom stereocenters. The molecule has 30 heavy (non-hydrogen) atoms. The molecule has 2 N–H and O–H groups in total. The van der Waals surface area contributed by atoms with Crippen molar-refractivity contribution in [2.24, 2.45) is 0 Å². The maximum Gasteiger partial charge on any atom is 0.220 e. The van der Waals surface area contributed by atoms with Gasteiger partial charge in [0.25, 0.3) is 0 Å².